The number of nitrogens with zero attached hydrogens (tertiary/aromatic N) is 2. The first-order valence-electron chi connectivity index (χ1n) is 8.47. The minimum atomic E-state index is 0.283. The molecule has 1 aromatic heterocycles. The molecule has 0 saturated heterocycles. The minimum Gasteiger partial charge on any atom is -0.508 e. The number of nitrogens with one attached hydrogen (secondary N) is 2. The van der Waals surface area contributed by atoms with Crippen molar-refractivity contribution in [1.29, 1.82) is 0 Å². The molecule has 27 heavy (non-hydrogen) atoms. The zero-order chi connectivity index (χ0) is 18.6. The molecule has 4 rings (SSSR count). The summed E-state index contributed by atoms with van der Waals surface area (Å²) in [6.45, 7) is 0.528. The molecule has 0 atom stereocenters. The maximum atomic E-state index is 9.92. The van der Waals surface area contributed by atoms with Gasteiger partial charge in [0.1, 0.15) is 17.9 Å². The number of rotatable bonds is 5. The van der Waals surface area contributed by atoms with Crippen LogP contribution in [-0.2, 0) is 6.54 Å². The molecule has 0 fully saturated rings. The lowest BCUT2D eigenvalue weighted by atomic mass is 10.1. The molecule has 3 aromatic carbocycles. The van der Waals surface area contributed by atoms with Crippen molar-refractivity contribution >= 4 is 44.0 Å². The summed E-state index contributed by atoms with van der Waals surface area (Å²) in [5.74, 6) is 1.02. The third-order valence-electron chi connectivity index (χ3n) is 4.20. The van der Waals surface area contributed by atoms with E-state index in [0.29, 0.717) is 6.54 Å². The molecule has 0 spiro atoms. The van der Waals surface area contributed by atoms with Crippen molar-refractivity contribution in [2.45, 2.75) is 6.54 Å². The van der Waals surface area contributed by atoms with E-state index in [4.69, 9.17) is 0 Å². The number of phenols is 1. The van der Waals surface area contributed by atoms with Crippen LogP contribution in [0.2, 0.25) is 0 Å². The van der Waals surface area contributed by atoms with Gasteiger partial charge in [0, 0.05) is 33.3 Å². The number of halogens is 1. The van der Waals surface area contributed by atoms with E-state index in [1.807, 2.05) is 60.7 Å². The second-order valence-corrected chi connectivity index (χ2v) is 6.99. The van der Waals surface area contributed by atoms with Crippen molar-refractivity contribution in [3.63, 3.8) is 0 Å². The van der Waals surface area contributed by atoms with Crippen LogP contribution in [0.4, 0.5) is 17.2 Å². The highest BCUT2D eigenvalue weighted by atomic mass is 79.9. The van der Waals surface area contributed by atoms with E-state index in [2.05, 4.69) is 36.5 Å². The quantitative estimate of drug-likeness (QED) is 0.400. The molecule has 0 radical (unpaired) electrons. The Morgan fingerprint density at radius 2 is 1.78 bits per heavy atom. The average Bonchev–Trinajstić information content (AvgIpc) is 2.68. The first-order chi connectivity index (χ1) is 13.2. The van der Waals surface area contributed by atoms with Crippen molar-refractivity contribution in [2.75, 3.05) is 10.6 Å². The van der Waals surface area contributed by atoms with Crippen LogP contribution in [0, 0.1) is 0 Å². The number of anilines is 3. The Balaban J connectivity index is 1.62. The van der Waals surface area contributed by atoms with E-state index in [1.54, 1.807) is 12.4 Å². The predicted molar refractivity (Wildman–Crippen MR) is 112 cm³/mol. The fourth-order valence-electron chi connectivity index (χ4n) is 2.83. The lowest BCUT2D eigenvalue weighted by Gasteiger charge is -2.12. The largest absolute Gasteiger partial charge is 0.508 e. The van der Waals surface area contributed by atoms with Gasteiger partial charge < -0.3 is 15.7 Å². The number of phenolic OH excluding ortho intramolecular Hbond substituents is 1. The Hall–Kier alpha value is -3.12. The third kappa shape index (κ3) is 4.01. The molecule has 0 aliphatic carbocycles. The smallest absolute Gasteiger partial charge is 0.141 e. The highest BCUT2D eigenvalue weighted by Crippen LogP contribution is 2.27. The van der Waals surface area contributed by atoms with Crippen LogP contribution in [0.25, 0.3) is 10.9 Å². The maximum Gasteiger partial charge on any atom is 0.141 e. The monoisotopic (exact) mass is 420 g/mol. The molecular weight excluding hydrogens is 404 g/mol. The number of benzene rings is 3. The molecule has 3 N–H and O–H groups in total. The Labute approximate surface area is 165 Å². The molecule has 134 valence electrons. The Bertz CT molecular complexity index is 1100. The SMILES string of the molecule is Oc1ccccc1CNc1ccc2ncnc(Nc3cccc(Br)c3)c2c1. The summed E-state index contributed by atoms with van der Waals surface area (Å²) in [6.07, 6.45) is 1.55. The van der Waals surface area contributed by atoms with Gasteiger partial charge in [-0.3, -0.25) is 0 Å². The summed E-state index contributed by atoms with van der Waals surface area (Å²) in [6, 6.07) is 21.2. The lowest BCUT2D eigenvalue weighted by Crippen LogP contribution is -2.01. The van der Waals surface area contributed by atoms with Gasteiger partial charge in [-0.05, 0) is 42.5 Å². The van der Waals surface area contributed by atoms with Gasteiger partial charge in [-0.2, -0.15) is 0 Å². The summed E-state index contributed by atoms with van der Waals surface area (Å²) in [4.78, 5) is 8.75. The van der Waals surface area contributed by atoms with Gasteiger partial charge in [0.05, 0.1) is 5.52 Å². The average molecular weight is 421 g/mol. The first-order valence-corrected chi connectivity index (χ1v) is 9.26. The molecule has 0 unspecified atom stereocenters. The van der Waals surface area contributed by atoms with Crippen LogP contribution < -0.4 is 10.6 Å². The molecule has 0 saturated carbocycles. The zero-order valence-corrected chi connectivity index (χ0v) is 15.9. The van der Waals surface area contributed by atoms with Crippen molar-refractivity contribution < 1.29 is 5.11 Å². The third-order valence-corrected chi connectivity index (χ3v) is 4.69. The van der Waals surface area contributed by atoms with Crippen LogP contribution in [0.5, 0.6) is 5.75 Å². The lowest BCUT2D eigenvalue weighted by molar-refractivity contribution is 0.469. The van der Waals surface area contributed by atoms with E-state index in [-0.39, 0.29) is 5.75 Å². The fourth-order valence-corrected chi connectivity index (χ4v) is 3.23. The summed E-state index contributed by atoms with van der Waals surface area (Å²) in [5.41, 5.74) is 3.57. The molecule has 0 bridgehead atoms. The van der Waals surface area contributed by atoms with E-state index >= 15 is 0 Å². The van der Waals surface area contributed by atoms with Gasteiger partial charge in [-0.25, -0.2) is 9.97 Å². The number of aromatic nitrogens is 2. The highest BCUT2D eigenvalue weighted by Gasteiger charge is 2.07. The van der Waals surface area contributed by atoms with Crippen LogP contribution in [0.1, 0.15) is 5.56 Å². The van der Waals surface area contributed by atoms with Crippen LogP contribution in [0.15, 0.2) is 77.5 Å². The molecule has 0 amide bonds. The van der Waals surface area contributed by atoms with Crippen molar-refractivity contribution in [2.24, 2.45) is 0 Å². The molecular formula is C21H17BrN4O. The van der Waals surface area contributed by atoms with Crippen molar-refractivity contribution in [3.8, 4) is 5.75 Å². The molecule has 6 heteroatoms. The van der Waals surface area contributed by atoms with Crippen molar-refractivity contribution in [1.82, 2.24) is 9.97 Å². The molecule has 0 aliphatic heterocycles. The molecule has 4 aromatic rings. The summed E-state index contributed by atoms with van der Waals surface area (Å²) >= 11 is 3.48. The normalized spacial score (nSPS) is 10.7. The van der Waals surface area contributed by atoms with Crippen LogP contribution in [0.3, 0.4) is 0 Å². The number of hydrogen-bond acceptors (Lipinski definition) is 5. The predicted octanol–water partition coefficient (Wildman–Crippen LogP) is 5.45. The summed E-state index contributed by atoms with van der Waals surface area (Å²) < 4.78 is 0.996. The van der Waals surface area contributed by atoms with Gasteiger partial charge in [0.25, 0.3) is 0 Å². The summed E-state index contributed by atoms with van der Waals surface area (Å²) in [7, 11) is 0. The van der Waals surface area contributed by atoms with E-state index < -0.39 is 0 Å². The minimum absolute atomic E-state index is 0.283. The van der Waals surface area contributed by atoms with E-state index in [0.717, 1.165) is 38.1 Å². The molecule has 5 nitrogen and oxygen atoms in total. The molecule has 1 heterocycles. The highest BCUT2D eigenvalue weighted by molar-refractivity contribution is 9.10. The van der Waals surface area contributed by atoms with Crippen molar-refractivity contribution in [3.05, 3.63) is 83.1 Å². The van der Waals surface area contributed by atoms with Gasteiger partial charge in [-0.1, -0.05) is 40.2 Å². The maximum absolute atomic E-state index is 9.92. The fraction of sp³-hybridized carbons (Fsp3) is 0.0476. The number of para-hydroxylation sites is 1. The van der Waals surface area contributed by atoms with Crippen LogP contribution in [-0.4, -0.2) is 15.1 Å². The zero-order valence-electron chi connectivity index (χ0n) is 14.4. The van der Waals surface area contributed by atoms with Gasteiger partial charge >= 0.3 is 0 Å². The Morgan fingerprint density at radius 1 is 0.889 bits per heavy atom. The topological polar surface area (TPSA) is 70.1 Å². The van der Waals surface area contributed by atoms with Crippen LogP contribution >= 0.6 is 15.9 Å². The second kappa shape index (κ2) is 7.63. The summed E-state index contributed by atoms with van der Waals surface area (Å²) in [5, 5.41) is 17.5. The van der Waals surface area contributed by atoms with Gasteiger partial charge in [-0.15, -0.1) is 0 Å². The number of fused-ring (bicyclic) bond motifs is 1. The second-order valence-electron chi connectivity index (χ2n) is 6.07. The standard InChI is InChI=1S/C21H17BrN4O/c22-15-5-3-6-17(10-15)26-21-18-11-16(8-9-19(18)24-13-25-21)23-12-14-4-1-2-7-20(14)27/h1-11,13,23,27H,12H2,(H,24,25,26). The Kier molecular flexibility index (Phi) is 4.89. The van der Waals surface area contributed by atoms with Gasteiger partial charge in [0.2, 0.25) is 0 Å². The molecule has 0 aliphatic rings. The number of aromatic hydroxyl groups is 1. The van der Waals surface area contributed by atoms with E-state index in [1.165, 1.54) is 0 Å². The van der Waals surface area contributed by atoms with E-state index in [9.17, 15) is 5.11 Å². The first kappa shape index (κ1) is 17.3. The van der Waals surface area contributed by atoms with Gasteiger partial charge in [0.15, 0.2) is 0 Å². The Morgan fingerprint density at radius 3 is 2.63 bits per heavy atom. The number of hydrogen-bond donors (Lipinski definition) is 3.